The summed E-state index contributed by atoms with van der Waals surface area (Å²) >= 11 is 0. The van der Waals surface area contributed by atoms with Crippen LogP contribution in [0.15, 0.2) is 41.8 Å². The van der Waals surface area contributed by atoms with Crippen molar-refractivity contribution in [3.05, 3.63) is 42.5 Å². The van der Waals surface area contributed by atoms with Gasteiger partial charge in [0.05, 0.1) is 58.8 Å². The molecule has 0 amide bonds. The summed E-state index contributed by atoms with van der Waals surface area (Å²) < 4.78 is 60.4. The highest BCUT2D eigenvalue weighted by atomic mass is 32.2. The van der Waals surface area contributed by atoms with Crippen molar-refractivity contribution in [3.8, 4) is 0 Å². The molecule has 1 aromatic rings. The van der Waals surface area contributed by atoms with Crippen LogP contribution >= 0.6 is 0 Å². The number of benzene rings is 1. The summed E-state index contributed by atoms with van der Waals surface area (Å²) in [7, 11) is -1.54. The lowest BCUT2D eigenvalue weighted by molar-refractivity contribution is -0.215. The van der Waals surface area contributed by atoms with Crippen molar-refractivity contribution < 1.29 is 50.6 Å². The molecule has 0 bridgehead atoms. The lowest BCUT2D eigenvalue weighted by Crippen LogP contribution is -2.58. The van der Waals surface area contributed by atoms with Gasteiger partial charge < -0.3 is 28.4 Å². The van der Waals surface area contributed by atoms with Crippen LogP contribution in [0.4, 0.5) is 0 Å². The van der Waals surface area contributed by atoms with E-state index in [2.05, 4.69) is 11.3 Å². The Hall–Kier alpha value is -2.35. The average molecular weight is 533 g/mol. The first-order valence-electron chi connectivity index (χ1n) is 10.8. The third-order valence-electron chi connectivity index (χ3n) is 5.44. The molecule has 2 saturated heterocycles. The Kier molecular flexibility index (Phi) is 12.2. The molecule has 2 fully saturated rings. The second-order valence-corrected chi connectivity index (χ2v) is 9.35. The zero-order valence-corrected chi connectivity index (χ0v) is 21.1. The minimum atomic E-state index is -4.05. The third-order valence-corrected chi connectivity index (χ3v) is 6.83. The average Bonchev–Trinajstić information content (AvgIpc) is 2.88. The van der Waals surface area contributed by atoms with Crippen LogP contribution in [0.3, 0.4) is 0 Å². The number of carbonyl (C=O) groups excluding carboxylic acids is 2. The van der Waals surface area contributed by atoms with Crippen LogP contribution in [-0.4, -0.2) is 91.5 Å². The van der Waals surface area contributed by atoms with E-state index in [9.17, 15) is 18.0 Å². The van der Waals surface area contributed by atoms with Crippen LogP contribution < -0.4 is 0 Å². The van der Waals surface area contributed by atoms with E-state index in [0.717, 1.165) is 5.56 Å². The molecule has 0 saturated carbocycles. The maximum absolute atomic E-state index is 12.4. The molecule has 0 spiro atoms. The Labute approximate surface area is 212 Å². The van der Waals surface area contributed by atoms with E-state index in [-0.39, 0.29) is 32.1 Å². The van der Waals surface area contributed by atoms with E-state index in [1.807, 2.05) is 6.92 Å². The molecule has 0 aromatic heterocycles. The van der Waals surface area contributed by atoms with Crippen molar-refractivity contribution in [2.24, 2.45) is 0 Å². The minimum Gasteiger partial charge on any atom is -0.467 e. The molecule has 204 valence electrons. The highest BCUT2D eigenvalue weighted by Gasteiger charge is 2.51. The van der Waals surface area contributed by atoms with Crippen LogP contribution in [0.1, 0.15) is 19.9 Å². The van der Waals surface area contributed by atoms with Crippen LogP contribution in [0.5, 0.6) is 0 Å². The summed E-state index contributed by atoms with van der Waals surface area (Å²) in [6.07, 6.45) is 0.305. The van der Waals surface area contributed by atoms with E-state index < -0.39 is 39.4 Å². The number of hydrogen-bond acceptors (Lipinski definition) is 11. The molecule has 0 N–H and O–H groups in total. The van der Waals surface area contributed by atoms with Gasteiger partial charge in [0.15, 0.2) is 0 Å². The fourth-order valence-electron chi connectivity index (χ4n) is 3.31. The van der Waals surface area contributed by atoms with E-state index >= 15 is 0 Å². The van der Waals surface area contributed by atoms with E-state index in [4.69, 9.17) is 27.9 Å². The second-order valence-electron chi connectivity index (χ2n) is 7.77. The Morgan fingerprint density at radius 3 is 1.97 bits per heavy atom. The van der Waals surface area contributed by atoms with Crippen molar-refractivity contribution in [2.75, 3.05) is 53.9 Å². The third kappa shape index (κ3) is 7.34. The molecule has 0 radical (unpaired) electrons. The molecule has 0 aliphatic carbocycles. The maximum Gasteiger partial charge on any atom is 0.344 e. The molecule has 36 heavy (non-hydrogen) atoms. The number of aryl methyl sites for hydroxylation is 1. The molecule has 3 rings (SSSR count). The summed E-state index contributed by atoms with van der Waals surface area (Å²) in [6.45, 7) is 8.22. The zero-order valence-electron chi connectivity index (χ0n) is 20.3. The predicted octanol–water partition coefficient (Wildman–Crippen LogP) is 1.81. The summed E-state index contributed by atoms with van der Waals surface area (Å²) in [4.78, 5) is 23.3. The number of esters is 2. The Bertz CT molecular complexity index is 960. The zero-order chi connectivity index (χ0) is 26.1. The fourth-order valence-corrected chi connectivity index (χ4v) is 4.42. The molecule has 2 aliphatic rings. The lowest BCUT2D eigenvalue weighted by Gasteiger charge is -2.37. The number of hydrogen-bond donors (Lipinski definition) is 0. The maximum atomic E-state index is 12.4. The monoisotopic (exact) mass is 532 g/mol. The van der Waals surface area contributed by atoms with Gasteiger partial charge in [-0.3, -0.25) is 4.18 Å². The van der Waals surface area contributed by atoms with Gasteiger partial charge in [-0.1, -0.05) is 31.7 Å². The number of rotatable bonds is 7. The highest BCUT2D eigenvalue weighted by Crippen LogP contribution is 2.28. The Balaban J connectivity index is 0.000000422. The molecule has 3 atom stereocenters. The molecular weight excluding hydrogens is 496 g/mol. The molecule has 1 aromatic carbocycles. The molecule has 3 unspecified atom stereocenters. The van der Waals surface area contributed by atoms with E-state index in [1.165, 1.54) is 39.4 Å². The molecule has 2 heterocycles. The topological polar surface area (TPSA) is 133 Å². The second kappa shape index (κ2) is 13.8. The van der Waals surface area contributed by atoms with Gasteiger partial charge in [-0.05, 0) is 32.1 Å². The predicted molar refractivity (Wildman–Crippen MR) is 129 cm³/mol. The van der Waals surface area contributed by atoms with E-state index in [0.29, 0.717) is 19.8 Å². The summed E-state index contributed by atoms with van der Waals surface area (Å²) in [6, 6.07) is 6.22. The van der Waals surface area contributed by atoms with E-state index in [1.54, 1.807) is 12.1 Å². The summed E-state index contributed by atoms with van der Waals surface area (Å²) in [5.74, 6) is -1.19. The van der Waals surface area contributed by atoms with Crippen LogP contribution in [0.25, 0.3) is 0 Å². The summed E-state index contributed by atoms with van der Waals surface area (Å²) in [5.41, 5.74) is -1.77. The van der Waals surface area contributed by atoms with Gasteiger partial charge in [-0.2, -0.15) is 8.42 Å². The van der Waals surface area contributed by atoms with Crippen molar-refractivity contribution in [2.45, 2.75) is 43.5 Å². The first-order valence-corrected chi connectivity index (χ1v) is 12.2. The Morgan fingerprint density at radius 1 is 0.972 bits per heavy atom. The lowest BCUT2D eigenvalue weighted by atomic mass is 9.98. The standard InChI is InChI=1S/C15H20O7S.C8H12O4.CH4/c1-11-4-6-13(7-5-11)23(17,18)22-12(2)15(14(16)19-3)10-20-8-9-21-15;1-3-8(7(9)10-2)6-11-4-5-12-8;/h4-7,12H,8-10H2,1-3H3;3H,1,4-6H2,2H3;1H4. The first-order chi connectivity index (χ1) is 16.6. The number of carbonyl (C=O) groups is 2. The molecule has 11 nitrogen and oxygen atoms in total. The molecule has 2 aliphatic heterocycles. The van der Waals surface area contributed by atoms with Gasteiger partial charge in [-0.15, -0.1) is 0 Å². The van der Waals surface area contributed by atoms with Crippen LogP contribution in [0.2, 0.25) is 0 Å². The van der Waals surface area contributed by atoms with Gasteiger partial charge in [-0.25, -0.2) is 9.59 Å². The minimum absolute atomic E-state index is 0. The van der Waals surface area contributed by atoms with Crippen molar-refractivity contribution >= 4 is 22.1 Å². The SMILES string of the molecule is C.C=CC1(C(=O)OC)COCCO1.COC(=O)C1(C(C)OS(=O)(=O)c2ccc(C)cc2)COCCO1. The van der Waals surface area contributed by atoms with Crippen molar-refractivity contribution in [3.63, 3.8) is 0 Å². The number of methoxy groups -OCH3 is 2. The van der Waals surface area contributed by atoms with Gasteiger partial charge >= 0.3 is 11.9 Å². The fraction of sp³-hybridized carbons (Fsp3) is 0.583. The van der Waals surface area contributed by atoms with Gasteiger partial charge in [0, 0.05) is 0 Å². The normalized spacial score (nSPS) is 24.7. The van der Waals surface area contributed by atoms with Crippen LogP contribution in [-0.2, 0) is 52.3 Å². The van der Waals surface area contributed by atoms with Crippen molar-refractivity contribution in [1.82, 2.24) is 0 Å². The first kappa shape index (κ1) is 31.7. The smallest absolute Gasteiger partial charge is 0.344 e. The molecule has 12 heteroatoms. The van der Waals surface area contributed by atoms with Gasteiger partial charge in [0.2, 0.25) is 11.2 Å². The Morgan fingerprint density at radius 2 is 1.53 bits per heavy atom. The number of ether oxygens (including phenoxy) is 6. The van der Waals surface area contributed by atoms with Gasteiger partial charge in [0.1, 0.15) is 6.10 Å². The quantitative estimate of drug-likeness (QED) is 0.289. The van der Waals surface area contributed by atoms with Crippen molar-refractivity contribution in [1.29, 1.82) is 0 Å². The van der Waals surface area contributed by atoms with Crippen LogP contribution in [0, 0.1) is 6.92 Å². The largest absolute Gasteiger partial charge is 0.467 e. The molecular formula is C24H36O11S. The van der Waals surface area contributed by atoms with Gasteiger partial charge in [0.25, 0.3) is 10.1 Å². The summed E-state index contributed by atoms with van der Waals surface area (Å²) in [5, 5.41) is 0. The highest BCUT2D eigenvalue weighted by molar-refractivity contribution is 7.86.